The van der Waals surface area contributed by atoms with Crippen LogP contribution < -0.4 is 26.2 Å². The summed E-state index contributed by atoms with van der Waals surface area (Å²) < 4.78 is 0. The molecule has 3 fully saturated rings. The summed E-state index contributed by atoms with van der Waals surface area (Å²) in [5.74, 6) is -0.0327. The topological polar surface area (TPSA) is 98.4 Å². The first-order valence-electron chi connectivity index (χ1n) is 12.0. The molecule has 6 rings (SSSR count). The second kappa shape index (κ2) is 9.05. The highest BCUT2D eigenvalue weighted by Gasteiger charge is 2.51. The predicted molar refractivity (Wildman–Crippen MR) is 133 cm³/mol. The van der Waals surface area contributed by atoms with Crippen molar-refractivity contribution in [1.29, 1.82) is 0 Å². The fourth-order valence-corrected chi connectivity index (χ4v) is 6.90. The number of piperidine rings is 2. The van der Waals surface area contributed by atoms with Crippen LogP contribution in [0.4, 0.5) is 10.5 Å². The highest BCUT2D eigenvalue weighted by atomic mass is 32.2. The molecule has 3 amide bonds. The van der Waals surface area contributed by atoms with Crippen molar-refractivity contribution in [2.24, 2.45) is 5.92 Å². The van der Waals surface area contributed by atoms with E-state index in [1.807, 2.05) is 47.4 Å². The molecule has 4 atom stereocenters. The maximum atomic E-state index is 13.4. The number of rotatable bonds is 4. The van der Waals surface area contributed by atoms with Crippen LogP contribution in [0.15, 0.2) is 59.3 Å². The lowest BCUT2D eigenvalue weighted by molar-refractivity contribution is -0.117. The summed E-state index contributed by atoms with van der Waals surface area (Å²) >= 11 is 1.55. The summed E-state index contributed by atoms with van der Waals surface area (Å²) in [5.41, 5.74) is 3.47. The lowest BCUT2D eigenvalue weighted by Crippen LogP contribution is -2.62. The number of nitrogens with zero attached hydrogens (tertiary/aromatic N) is 2. The van der Waals surface area contributed by atoms with E-state index in [1.165, 1.54) is 0 Å². The van der Waals surface area contributed by atoms with Gasteiger partial charge < -0.3 is 21.3 Å². The maximum Gasteiger partial charge on any atom is 0.326 e. The van der Waals surface area contributed by atoms with Crippen molar-refractivity contribution in [3.8, 4) is 11.3 Å². The Hall–Kier alpha value is -2.88. The van der Waals surface area contributed by atoms with Crippen LogP contribution in [0.2, 0.25) is 0 Å². The SMILES string of the molecule is O=C(N[C@@H]1CCCNC1)C1=C2NC(=O)N(c3cccc(-c4ccccn4)c3)C3CCNC(S1)C23. The first kappa shape index (κ1) is 21.6. The van der Waals surface area contributed by atoms with Gasteiger partial charge >= 0.3 is 6.03 Å². The number of benzene rings is 1. The first-order chi connectivity index (χ1) is 16.7. The summed E-state index contributed by atoms with van der Waals surface area (Å²) in [7, 11) is 0. The zero-order chi connectivity index (χ0) is 23.1. The molecule has 4 aliphatic rings. The predicted octanol–water partition coefficient (Wildman–Crippen LogP) is 2.41. The number of anilines is 1. The van der Waals surface area contributed by atoms with E-state index in [0.29, 0.717) is 4.91 Å². The molecule has 9 heteroatoms. The molecule has 3 saturated heterocycles. The molecule has 0 radical (unpaired) electrons. The minimum absolute atomic E-state index is 0.0110. The normalized spacial score (nSPS) is 28.4. The number of pyridine rings is 1. The molecule has 4 aliphatic heterocycles. The van der Waals surface area contributed by atoms with E-state index in [4.69, 9.17) is 0 Å². The smallest absolute Gasteiger partial charge is 0.326 e. The number of hydrogen-bond acceptors (Lipinski definition) is 6. The Kier molecular flexibility index (Phi) is 5.76. The van der Waals surface area contributed by atoms with Gasteiger partial charge in [0.05, 0.1) is 22.0 Å². The lowest BCUT2D eigenvalue weighted by atomic mass is 9.86. The molecule has 4 N–H and O–H groups in total. The van der Waals surface area contributed by atoms with Gasteiger partial charge in [-0.15, -0.1) is 0 Å². The molecule has 1 aromatic carbocycles. The van der Waals surface area contributed by atoms with Gasteiger partial charge in [0.2, 0.25) is 0 Å². The van der Waals surface area contributed by atoms with Crippen molar-refractivity contribution in [3.05, 3.63) is 59.3 Å². The van der Waals surface area contributed by atoms with E-state index in [1.54, 1.807) is 18.0 Å². The molecule has 1 aromatic heterocycles. The van der Waals surface area contributed by atoms with Crippen LogP contribution in [0.5, 0.6) is 0 Å². The molecule has 34 heavy (non-hydrogen) atoms. The highest BCUT2D eigenvalue weighted by Crippen LogP contribution is 2.48. The van der Waals surface area contributed by atoms with Crippen LogP contribution in [0.1, 0.15) is 19.3 Å². The summed E-state index contributed by atoms with van der Waals surface area (Å²) in [5, 5.41) is 13.2. The van der Waals surface area contributed by atoms with Gasteiger partial charge in [0.1, 0.15) is 0 Å². The standard InChI is InChI=1S/C25H28N6O2S/c32-23(29-16-6-4-10-26-14-16)22-21-20-19(9-12-28-24(20)34-22)31(25(33)30-21)17-7-3-5-15(13-17)18-8-1-2-11-27-18/h1-3,5,7-8,11,13,16,19-20,24,26,28H,4,6,9-10,12,14H2,(H,29,32)(H,30,33)/t16-,19?,20?,24?/m1/s1. The fourth-order valence-electron chi connectivity index (χ4n) is 5.50. The Bertz CT molecular complexity index is 1130. The number of carbonyl (C=O) groups is 2. The van der Waals surface area contributed by atoms with Crippen molar-refractivity contribution in [3.63, 3.8) is 0 Å². The Balaban J connectivity index is 1.30. The number of carbonyl (C=O) groups excluding carboxylic acids is 2. The number of nitrogens with one attached hydrogen (secondary N) is 4. The van der Waals surface area contributed by atoms with Crippen LogP contribution in [-0.4, -0.2) is 54.0 Å². The minimum atomic E-state index is -0.179. The maximum absolute atomic E-state index is 13.4. The Morgan fingerprint density at radius 1 is 1.15 bits per heavy atom. The number of hydrogen-bond donors (Lipinski definition) is 4. The van der Waals surface area contributed by atoms with Gasteiger partial charge in [0, 0.05) is 41.6 Å². The monoisotopic (exact) mass is 476 g/mol. The van der Waals surface area contributed by atoms with Crippen LogP contribution in [0.3, 0.4) is 0 Å². The molecule has 0 aliphatic carbocycles. The molecular weight excluding hydrogens is 448 g/mol. The number of urea groups is 1. The fraction of sp³-hybridized carbons (Fsp3) is 0.400. The van der Waals surface area contributed by atoms with E-state index < -0.39 is 0 Å². The van der Waals surface area contributed by atoms with Gasteiger partial charge in [-0.05, 0) is 56.6 Å². The first-order valence-corrected chi connectivity index (χ1v) is 12.8. The molecule has 176 valence electrons. The lowest BCUT2D eigenvalue weighted by Gasteiger charge is -2.45. The second-order valence-corrected chi connectivity index (χ2v) is 10.4. The van der Waals surface area contributed by atoms with Crippen molar-refractivity contribution in [2.45, 2.75) is 36.7 Å². The summed E-state index contributed by atoms with van der Waals surface area (Å²) in [6.45, 7) is 2.59. The number of amides is 3. The van der Waals surface area contributed by atoms with Crippen molar-refractivity contribution in [2.75, 3.05) is 24.5 Å². The third-order valence-corrected chi connectivity index (χ3v) is 8.42. The average Bonchev–Trinajstić information content (AvgIpc) is 3.25. The molecule has 0 bridgehead atoms. The van der Waals surface area contributed by atoms with Crippen LogP contribution >= 0.6 is 11.8 Å². The van der Waals surface area contributed by atoms with E-state index in [-0.39, 0.29) is 35.3 Å². The Morgan fingerprint density at radius 3 is 2.91 bits per heavy atom. The van der Waals surface area contributed by atoms with Gasteiger partial charge in [-0.1, -0.05) is 30.0 Å². The zero-order valence-electron chi connectivity index (χ0n) is 18.8. The van der Waals surface area contributed by atoms with Gasteiger partial charge in [0.15, 0.2) is 0 Å². The third kappa shape index (κ3) is 3.87. The molecule has 8 nitrogen and oxygen atoms in total. The summed E-state index contributed by atoms with van der Waals surface area (Å²) in [6.07, 6.45) is 4.64. The van der Waals surface area contributed by atoms with Crippen molar-refractivity contribution in [1.82, 2.24) is 26.3 Å². The third-order valence-electron chi connectivity index (χ3n) is 7.06. The van der Waals surface area contributed by atoms with Gasteiger partial charge in [-0.25, -0.2) is 4.79 Å². The minimum Gasteiger partial charge on any atom is -0.348 e. The van der Waals surface area contributed by atoms with Crippen LogP contribution in [0, 0.1) is 5.92 Å². The average molecular weight is 477 g/mol. The number of aromatic nitrogens is 1. The Labute approximate surface area is 203 Å². The second-order valence-electron chi connectivity index (χ2n) is 9.20. The van der Waals surface area contributed by atoms with Crippen LogP contribution in [0.25, 0.3) is 11.3 Å². The van der Waals surface area contributed by atoms with Gasteiger partial charge in [-0.3, -0.25) is 14.7 Å². The quantitative estimate of drug-likeness (QED) is 0.541. The van der Waals surface area contributed by atoms with E-state index in [2.05, 4.69) is 26.3 Å². The molecule has 0 saturated carbocycles. The summed E-state index contributed by atoms with van der Waals surface area (Å²) in [6, 6.07) is 13.7. The molecule has 2 aromatic rings. The van der Waals surface area contributed by atoms with E-state index in [9.17, 15) is 9.59 Å². The molecule has 0 spiro atoms. The van der Waals surface area contributed by atoms with Gasteiger partial charge in [0.25, 0.3) is 5.91 Å². The largest absolute Gasteiger partial charge is 0.348 e. The van der Waals surface area contributed by atoms with Crippen LogP contribution in [-0.2, 0) is 4.79 Å². The summed E-state index contributed by atoms with van der Waals surface area (Å²) in [4.78, 5) is 33.6. The van der Waals surface area contributed by atoms with Gasteiger partial charge in [-0.2, -0.15) is 0 Å². The molecule has 5 heterocycles. The Morgan fingerprint density at radius 2 is 2.09 bits per heavy atom. The molecule has 3 unspecified atom stereocenters. The van der Waals surface area contributed by atoms with E-state index >= 15 is 0 Å². The van der Waals surface area contributed by atoms with E-state index in [0.717, 1.165) is 61.5 Å². The molecular formula is C25H28N6O2S. The van der Waals surface area contributed by atoms with Crippen molar-refractivity contribution >= 4 is 29.4 Å². The van der Waals surface area contributed by atoms with Crippen molar-refractivity contribution < 1.29 is 9.59 Å². The highest BCUT2D eigenvalue weighted by molar-refractivity contribution is 8.04. The zero-order valence-corrected chi connectivity index (χ0v) is 19.6. The number of thioether (sulfide) groups is 1.